The Bertz CT molecular complexity index is 1370. The fraction of sp³-hybridized carbons (Fsp3) is 0.296. The summed E-state index contributed by atoms with van der Waals surface area (Å²) >= 11 is 0. The van der Waals surface area contributed by atoms with Crippen LogP contribution in [0.5, 0.6) is 0 Å². The van der Waals surface area contributed by atoms with E-state index in [0.717, 1.165) is 5.56 Å². The molecule has 0 amide bonds. The van der Waals surface area contributed by atoms with Crippen LogP contribution in [0.2, 0.25) is 0 Å². The third-order valence-corrected chi connectivity index (χ3v) is 5.70. The van der Waals surface area contributed by atoms with Gasteiger partial charge in [0.1, 0.15) is 5.60 Å². The summed E-state index contributed by atoms with van der Waals surface area (Å²) in [6, 6.07) is 16.0. The first-order chi connectivity index (χ1) is 17.0. The minimum absolute atomic E-state index is 0.0838. The Morgan fingerprint density at radius 2 is 1.83 bits per heavy atom. The number of benzene rings is 2. The van der Waals surface area contributed by atoms with E-state index in [2.05, 4.69) is 15.5 Å². The highest BCUT2D eigenvalue weighted by Crippen LogP contribution is 2.44. The first-order valence-corrected chi connectivity index (χ1v) is 11.6. The normalized spacial score (nSPS) is 16.1. The van der Waals surface area contributed by atoms with Gasteiger partial charge in [-0.25, -0.2) is 4.79 Å². The number of aromatic nitrogens is 2. The lowest BCUT2D eigenvalue weighted by atomic mass is 9.80. The Morgan fingerprint density at radius 1 is 1.11 bits per heavy atom. The summed E-state index contributed by atoms with van der Waals surface area (Å²) < 4.78 is 11.4. The lowest BCUT2D eigenvalue weighted by molar-refractivity contribution is -0.384. The summed E-state index contributed by atoms with van der Waals surface area (Å²) in [6.07, 6.45) is 0.472. The zero-order chi connectivity index (χ0) is 26.0. The molecule has 0 bridgehead atoms. The van der Waals surface area contributed by atoms with Gasteiger partial charge in [-0.1, -0.05) is 47.6 Å². The number of hydrogen-bond donors (Lipinski definition) is 1. The van der Waals surface area contributed by atoms with Crippen LogP contribution in [-0.4, -0.2) is 26.6 Å². The van der Waals surface area contributed by atoms with Crippen molar-refractivity contribution in [1.29, 1.82) is 0 Å². The fourth-order valence-corrected chi connectivity index (χ4v) is 4.25. The molecule has 1 N–H and O–H groups in total. The Morgan fingerprint density at radius 3 is 2.50 bits per heavy atom. The van der Waals surface area contributed by atoms with Gasteiger partial charge in [0.25, 0.3) is 11.6 Å². The molecular formula is C27H28N4O5. The van der Waals surface area contributed by atoms with Crippen LogP contribution < -0.4 is 5.32 Å². The van der Waals surface area contributed by atoms with Gasteiger partial charge in [0.05, 0.1) is 16.4 Å². The van der Waals surface area contributed by atoms with E-state index in [4.69, 9.17) is 9.26 Å². The van der Waals surface area contributed by atoms with E-state index in [-0.39, 0.29) is 11.6 Å². The average Bonchev–Trinajstić information content (AvgIpc) is 3.25. The van der Waals surface area contributed by atoms with E-state index in [1.165, 1.54) is 12.1 Å². The lowest BCUT2D eigenvalue weighted by Gasteiger charge is -2.31. The van der Waals surface area contributed by atoms with Crippen LogP contribution in [0, 0.1) is 10.1 Å². The number of nitro groups is 1. The van der Waals surface area contributed by atoms with Crippen LogP contribution in [0.15, 0.2) is 76.1 Å². The minimum Gasteiger partial charge on any atom is -0.457 e. The second-order valence-corrected chi connectivity index (χ2v) is 9.67. The summed E-state index contributed by atoms with van der Waals surface area (Å²) in [5, 5.41) is 18.9. The smallest absolute Gasteiger partial charge is 0.337 e. The number of hydrogen-bond acceptors (Lipinski definition) is 8. The monoisotopic (exact) mass is 488 g/mol. The van der Waals surface area contributed by atoms with Gasteiger partial charge in [-0.05, 0) is 45.7 Å². The predicted octanol–water partition coefficient (Wildman–Crippen LogP) is 5.30. The molecule has 0 spiro atoms. The highest BCUT2D eigenvalue weighted by Gasteiger charge is 2.38. The number of allylic oxidation sites excluding steroid dienone is 3. The first-order valence-electron chi connectivity index (χ1n) is 11.6. The number of dihydropyridines is 1. The Hall–Kier alpha value is -4.27. The van der Waals surface area contributed by atoms with Gasteiger partial charge >= 0.3 is 5.97 Å². The number of nitrogens with zero attached hydrogens (tertiary/aromatic N) is 3. The van der Waals surface area contributed by atoms with Crippen LogP contribution in [0.1, 0.15) is 63.4 Å². The highest BCUT2D eigenvalue weighted by atomic mass is 16.6. The van der Waals surface area contributed by atoms with E-state index in [0.29, 0.717) is 40.3 Å². The number of ether oxygens (including phenoxy) is 1. The van der Waals surface area contributed by atoms with Crippen LogP contribution in [-0.2, 0) is 16.0 Å². The molecule has 2 heterocycles. The zero-order valence-corrected chi connectivity index (χ0v) is 20.9. The largest absolute Gasteiger partial charge is 0.457 e. The van der Waals surface area contributed by atoms with Crippen molar-refractivity contribution in [2.75, 3.05) is 0 Å². The Kier molecular flexibility index (Phi) is 6.74. The number of nitrogens with one attached hydrogen (secondary N) is 1. The zero-order valence-electron chi connectivity index (χ0n) is 20.9. The number of rotatable bonds is 6. The molecule has 186 valence electrons. The fourth-order valence-electron chi connectivity index (χ4n) is 4.25. The molecule has 0 radical (unpaired) electrons. The van der Waals surface area contributed by atoms with Crippen molar-refractivity contribution < 1.29 is 19.0 Å². The van der Waals surface area contributed by atoms with Gasteiger partial charge in [-0.2, -0.15) is 4.98 Å². The standard InChI is InChI=1S/C27H28N4O5/c1-16-22(25-29-21(30-36-25)14-18-10-7-6-8-11-18)24(19-12-9-13-20(15-19)31(33)34)23(17(2)28-16)26(32)35-27(3,4)5/h6-13,15,24,28H,14H2,1-5H3. The lowest BCUT2D eigenvalue weighted by Crippen LogP contribution is -2.32. The van der Waals surface area contributed by atoms with Gasteiger partial charge < -0.3 is 14.6 Å². The summed E-state index contributed by atoms with van der Waals surface area (Å²) in [7, 11) is 0. The quantitative estimate of drug-likeness (QED) is 0.282. The molecule has 9 nitrogen and oxygen atoms in total. The molecule has 1 aliphatic heterocycles. The maximum absolute atomic E-state index is 13.4. The molecule has 0 fully saturated rings. The molecule has 0 aliphatic carbocycles. The van der Waals surface area contributed by atoms with Crippen molar-refractivity contribution in [3.63, 3.8) is 0 Å². The van der Waals surface area contributed by atoms with Gasteiger partial charge in [-0.3, -0.25) is 10.1 Å². The van der Waals surface area contributed by atoms with Gasteiger partial charge in [-0.15, -0.1) is 0 Å². The van der Waals surface area contributed by atoms with Crippen molar-refractivity contribution >= 4 is 17.2 Å². The Labute approximate surface area is 209 Å². The van der Waals surface area contributed by atoms with Gasteiger partial charge in [0.15, 0.2) is 5.82 Å². The molecule has 1 unspecified atom stereocenters. The van der Waals surface area contributed by atoms with Crippen LogP contribution in [0.4, 0.5) is 5.69 Å². The van der Waals surface area contributed by atoms with Crippen LogP contribution >= 0.6 is 0 Å². The van der Waals surface area contributed by atoms with Crippen molar-refractivity contribution in [3.8, 4) is 0 Å². The molecule has 1 aromatic heterocycles. The van der Waals surface area contributed by atoms with E-state index < -0.39 is 22.4 Å². The number of carbonyl (C=O) groups excluding carboxylic acids is 1. The summed E-state index contributed by atoms with van der Waals surface area (Å²) in [5.41, 5.74) is 2.93. The van der Waals surface area contributed by atoms with Crippen molar-refractivity contribution in [1.82, 2.24) is 15.5 Å². The van der Waals surface area contributed by atoms with Crippen LogP contribution in [0.3, 0.4) is 0 Å². The molecule has 2 aromatic carbocycles. The summed E-state index contributed by atoms with van der Waals surface area (Å²) in [4.78, 5) is 29.1. The second-order valence-electron chi connectivity index (χ2n) is 9.67. The van der Waals surface area contributed by atoms with Crippen LogP contribution in [0.25, 0.3) is 5.57 Å². The number of carbonyl (C=O) groups is 1. The predicted molar refractivity (Wildman–Crippen MR) is 134 cm³/mol. The maximum Gasteiger partial charge on any atom is 0.337 e. The number of nitro benzene ring substituents is 1. The van der Waals surface area contributed by atoms with E-state index >= 15 is 0 Å². The van der Waals surface area contributed by atoms with Crippen molar-refractivity contribution in [2.45, 2.75) is 52.6 Å². The third-order valence-electron chi connectivity index (χ3n) is 5.70. The van der Waals surface area contributed by atoms with Gasteiger partial charge in [0.2, 0.25) is 0 Å². The van der Waals surface area contributed by atoms with E-state index in [1.807, 2.05) is 37.3 Å². The second kappa shape index (κ2) is 9.77. The molecule has 36 heavy (non-hydrogen) atoms. The Balaban J connectivity index is 1.82. The topological polar surface area (TPSA) is 120 Å². The van der Waals surface area contributed by atoms with Crippen molar-refractivity contribution in [2.24, 2.45) is 0 Å². The molecule has 4 rings (SSSR count). The maximum atomic E-state index is 13.4. The summed E-state index contributed by atoms with van der Waals surface area (Å²) in [6.45, 7) is 8.98. The number of esters is 1. The third kappa shape index (κ3) is 5.35. The van der Waals surface area contributed by atoms with E-state index in [9.17, 15) is 14.9 Å². The molecule has 1 aliphatic rings. The van der Waals surface area contributed by atoms with Crippen molar-refractivity contribution in [3.05, 3.63) is 105 Å². The highest BCUT2D eigenvalue weighted by molar-refractivity contribution is 5.97. The average molecular weight is 489 g/mol. The molecule has 1 atom stereocenters. The minimum atomic E-state index is -0.735. The van der Waals surface area contributed by atoms with E-state index in [1.54, 1.807) is 39.8 Å². The summed E-state index contributed by atoms with van der Waals surface area (Å²) in [5.74, 6) is -0.528. The van der Waals surface area contributed by atoms with Gasteiger partial charge in [0, 0.05) is 35.5 Å². The molecular weight excluding hydrogens is 460 g/mol. The molecule has 9 heteroatoms. The molecule has 3 aromatic rings. The first kappa shape index (κ1) is 24.8. The molecule has 0 saturated carbocycles. The number of non-ortho nitro benzene ring substituents is 1. The molecule has 0 saturated heterocycles. The SMILES string of the molecule is CC1=C(C(=O)OC(C)(C)C)C(c2cccc([N+](=O)[O-])c2)C(c2nc(Cc3ccccc3)no2)=C(C)N1.